The van der Waals surface area contributed by atoms with Crippen LogP contribution in [0, 0.1) is 11.8 Å². The summed E-state index contributed by atoms with van der Waals surface area (Å²) in [7, 11) is 2.21. The fraction of sp³-hybridized carbons (Fsp3) is 0.368. The molecule has 0 aliphatic carbocycles. The number of halogens is 1. The van der Waals surface area contributed by atoms with Gasteiger partial charge < -0.3 is 26.2 Å². The van der Waals surface area contributed by atoms with Crippen molar-refractivity contribution in [2.24, 2.45) is 0 Å². The number of hydrogen-bond donors (Lipinski definition) is 0. The number of nitrogens with zero attached hydrogens (tertiary/aromatic N) is 1. The van der Waals surface area contributed by atoms with Gasteiger partial charge in [0.05, 0.1) is 20.2 Å². The number of rotatable bonds is 9. The summed E-state index contributed by atoms with van der Waals surface area (Å²) in [6, 6.07) is 10.7. The minimum Gasteiger partial charge on any atom is -1.00 e. The summed E-state index contributed by atoms with van der Waals surface area (Å²) in [5.41, 5.74) is 1.27. The van der Waals surface area contributed by atoms with Crippen LogP contribution in [0.1, 0.15) is 18.5 Å². The topological polar surface area (TPSA) is 9.23 Å². The standard InChI is InChI=1S/C19H26NO.BrH/c1-5-8-15-20(4,14-6-2)19(17-21-16-7-3)18-12-10-9-11-13-18;/h6-7,9-13,19H,2-3,14-17H2,1,4H3;1H/q+1;/p-1. The van der Waals surface area contributed by atoms with Crippen LogP contribution >= 0.6 is 0 Å². The molecule has 2 atom stereocenters. The van der Waals surface area contributed by atoms with Crippen molar-refractivity contribution in [3.8, 4) is 11.8 Å². The van der Waals surface area contributed by atoms with E-state index in [1.165, 1.54) is 5.56 Å². The van der Waals surface area contributed by atoms with Crippen molar-refractivity contribution >= 4 is 0 Å². The maximum absolute atomic E-state index is 5.76. The van der Waals surface area contributed by atoms with E-state index in [-0.39, 0.29) is 23.0 Å². The molecule has 0 saturated carbocycles. The lowest BCUT2D eigenvalue weighted by atomic mass is 10.0. The molecule has 0 N–H and O–H groups in total. The highest BCUT2D eigenvalue weighted by molar-refractivity contribution is 5.18. The Labute approximate surface area is 145 Å². The van der Waals surface area contributed by atoms with Gasteiger partial charge in [-0.15, -0.1) is 12.5 Å². The van der Waals surface area contributed by atoms with Crippen LogP contribution in [-0.2, 0) is 4.74 Å². The highest BCUT2D eigenvalue weighted by Gasteiger charge is 2.32. The number of likely N-dealkylation sites (N-methyl/N-ethyl adjacent to an activating group) is 1. The van der Waals surface area contributed by atoms with Crippen LogP contribution in [-0.4, -0.2) is 37.8 Å². The van der Waals surface area contributed by atoms with Crippen molar-refractivity contribution < 1.29 is 26.2 Å². The van der Waals surface area contributed by atoms with Crippen LogP contribution in [0.2, 0.25) is 0 Å². The fourth-order valence-electron chi connectivity index (χ4n) is 2.43. The van der Waals surface area contributed by atoms with Gasteiger partial charge in [-0.05, 0) is 18.9 Å². The van der Waals surface area contributed by atoms with Gasteiger partial charge in [0, 0.05) is 5.56 Å². The molecule has 1 aromatic rings. The summed E-state index contributed by atoms with van der Waals surface area (Å²) in [5, 5.41) is 0. The third-order valence-electron chi connectivity index (χ3n) is 3.61. The molecule has 0 aromatic heterocycles. The second-order valence-corrected chi connectivity index (χ2v) is 5.29. The van der Waals surface area contributed by atoms with E-state index in [0.717, 1.165) is 17.6 Å². The van der Waals surface area contributed by atoms with Crippen LogP contribution in [0.3, 0.4) is 0 Å². The Hall–Kier alpha value is -1.34. The second-order valence-electron chi connectivity index (χ2n) is 5.29. The van der Waals surface area contributed by atoms with E-state index in [1.807, 2.05) is 19.1 Å². The van der Waals surface area contributed by atoms with Crippen molar-refractivity contribution in [2.75, 3.05) is 33.4 Å². The molecule has 3 heteroatoms. The van der Waals surface area contributed by atoms with Crippen LogP contribution < -0.4 is 17.0 Å². The van der Waals surface area contributed by atoms with Crippen molar-refractivity contribution in [1.82, 2.24) is 0 Å². The predicted molar refractivity (Wildman–Crippen MR) is 89.8 cm³/mol. The SMILES string of the molecule is C=CCOCC(c1ccccc1)[N+](C)(CC#CC)CC=C.[Br-]. The highest BCUT2D eigenvalue weighted by Crippen LogP contribution is 2.27. The average Bonchev–Trinajstić information content (AvgIpc) is 2.51. The van der Waals surface area contributed by atoms with E-state index in [2.05, 4.69) is 56.3 Å². The first-order valence-electron chi connectivity index (χ1n) is 7.26. The van der Waals surface area contributed by atoms with E-state index in [0.29, 0.717) is 13.2 Å². The molecule has 2 unspecified atom stereocenters. The third kappa shape index (κ3) is 6.19. The minimum absolute atomic E-state index is 0. The largest absolute Gasteiger partial charge is 1.00 e. The Morgan fingerprint density at radius 1 is 1.23 bits per heavy atom. The molecule has 1 rings (SSSR count). The number of benzene rings is 1. The number of ether oxygens (including phenoxy) is 1. The van der Waals surface area contributed by atoms with Gasteiger partial charge in [0.25, 0.3) is 0 Å². The van der Waals surface area contributed by atoms with Gasteiger partial charge in [-0.25, -0.2) is 0 Å². The van der Waals surface area contributed by atoms with Crippen molar-refractivity contribution in [2.45, 2.75) is 13.0 Å². The maximum atomic E-state index is 5.76. The van der Waals surface area contributed by atoms with Gasteiger partial charge in [-0.3, -0.25) is 0 Å². The summed E-state index contributed by atoms with van der Waals surface area (Å²) in [6.45, 7) is 12.3. The molecule has 0 fully saturated rings. The van der Waals surface area contributed by atoms with Crippen molar-refractivity contribution in [3.63, 3.8) is 0 Å². The van der Waals surface area contributed by atoms with Gasteiger partial charge in [0.1, 0.15) is 19.2 Å². The Bertz CT molecular complexity index is 503. The summed E-state index contributed by atoms with van der Waals surface area (Å²) in [6.07, 6.45) is 3.74. The molecule has 0 aliphatic rings. The zero-order valence-electron chi connectivity index (χ0n) is 13.6. The third-order valence-corrected chi connectivity index (χ3v) is 3.61. The molecule has 120 valence electrons. The summed E-state index contributed by atoms with van der Waals surface area (Å²) < 4.78 is 6.53. The van der Waals surface area contributed by atoms with Gasteiger partial charge in [0.2, 0.25) is 0 Å². The molecular formula is C19H26BrNO. The van der Waals surface area contributed by atoms with E-state index in [4.69, 9.17) is 4.74 Å². The first kappa shape index (κ1) is 20.7. The van der Waals surface area contributed by atoms with Gasteiger partial charge >= 0.3 is 0 Å². The molecule has 0 radical (unpaired) electrons. The Morgan fingerprint density at radius 3 is 2.45 bits per heavy atom. The lowest BCUT2D eigenvalue weighted by molar-refractivity contribution is -0.928. The zero-order chi connectivity index (χ0) is 15.6. The Kier molecular flexibility index (Phi) is 10.6. The smallest absolute Gasteiger partial charge is 0.141 e. The van der Waals surface area contributed by atoms with E-state index >= 15 is 0 Å². The van der Waals surface area contributed by atoms with E-state index < -0.39 is 0 Å². The zero-order valence-corrected chi connectivity index (χ0v) is 15.2. The predicted octanol–water partition coefficient (Wildman–Crippen LogP) is 0.590. The monoisotopic (exact) mass is 363 g/mol. The second kappa shape index (κ2) is 11.3. The van der Waals surface area contributed by atoms with Crippen LogP contribution in [0.15, 0.2) is 55.6 Å². The molecule has 2 nitrogen and oxygen atoms in total. The maximum Gasteiger partial charge on any atom is 0.141 e. The van der Waals surface area contributed by atoms with Crippen LogP contribution in [0.5, 0.6) is 0 Å². The van der Waals surface area contributed by atoms with Gasteiger partial charge in [-0.2, -0.15) is 0 Å². The molecule has 0 bridgehead atoms. The summed E-state index contributed by atoms with van der Waals surface area (Å²) in [5.74, 6) is 6.21. The van der Waals surface area contributed by atoms with Crippen molar-refractivity contribution in [3.05, 3.63) is 61.2 Å². The lowest BCUT2D eigenvalue weighted by Gasteiger charge is -2.39. The number of hydrogen-bond acceptors (Lipinski definition) is 1. The summed E-state index contributed by atoms with van der Waals surface area (Å²) in [4.78, 5) is 0. The van der Waals surface area contributed by atoms with Crippen LogP contribution in [0.25, 0.3) is 0 Å². The molecule has 0 amide bonds. The molecule has 1 aromatic carbocycles. The first-order valence-corrected chi connectivity index (χ1v) is 7.26. The average molecular weight is 364 g/mol. The highest BCUT2D eigenvalue weighted by atomic mass is 79.9. The van der Waals surface area contributed by atoms with E-state index in [1.54, 1.807) is 6.08 Å². The van der Waals surface area contributed by atoms with Crippen molar-refractivity contribution in [1.29, 1.82) is 0 Å². The first-order chi connectivity index (χ1) is 10.2. The van der Waals surface area contributed by atoms with Crippen LogP contribution in [0.4, 0.5) is 0 Å². The lowest BCUT2D eigenvalue weighted by Crippen LogP contribution is -3.00. The number of quaternary nitrogens is 1. The molecule has 0 aliphatic heterocycles. The molecule has 0 heterocycles. The molecular weight excluding hydrogens is 338 g/mol. The minimum atomic E-state index is 0. The molecule has 0 saturated heterocycles. The quantitative estimate of drug-likeness (QED) is 0.270. The molecule has 22 heavy (non-hydrogen) atoms. The Morgan fingerprint density at radius 2 is 1.91 bits per heavy atom. The summed E-state index contributed by atoms with van der Waals surface area (Å²) >= 11 is 0. The van der Waals surface area contributed by atoms with Gasteiger partial charge in [-0.1, -0.05) is 43.0 Å². The fourth-order valence-corrected chi connectivity index (χ4v) is 2.43. The molecule has 0 spiro atoms. The Balaban J connectivity index is 0.00000441. The van der Waals surface area contributed by atoms with Gasteiger partial charge in [0.15, 0.2) is 0 Å². The normalized spacial score (nSPS) is 13.7. The van der Waals surface area contributed by atoms with E-state index in [9.17, 15) is 0 Å².